The maximum absolute atomic E-state index is 6.25. The normalized spacial score (nSPS) is 33.2. The fourth-order valence-electron chi connectivity index (χ4n) is 2.31. The summed E-state index contributed by atoms with van der Waals surface area (Å²) in [4.78, 5) is 0. The van der Waals surface area contributed by atoms with Gasteiger partial charge in [0.2, 0.25) is 0 Å². The van der Waals surface area contributed by atoms with Crippen LogP contribution in [0.25, 0.3) is 0 Å². The fourth-order valence-corrected chi connectivity index (χ4v) is 6.08. The van der Waals surface area contributed by atoms with Gasteiger partial charge in [0, 0.05) is 0 Å². The van der Waals surface area contributed by atoms with Crippen molar-refractivity contribution in [3.05, 3.63) is 0 Å². The Morgan fingerprint density at radius 2 is 2.15 bits per heavy atom. The van der Waals surface area contributed by atoms with Crippen molar-refractivity contribution in [2.24, 2.45) is 5.73 Å². The van der Waals surface area contributed by atoms with Gasteiger partial charge in [0.25, 0.3) is 0 Å². The van der Waals surface area contributed by atoms with E-state index < -0.39 is 8.32 Å². The molecule has 1 unspecified atom stereocenters. The lowest BCUT2D eigenvalue weighted by Gasteiger charge is -2.42. The molecule has 0 spiro atoms. The molecular weight excluding hydrogens is 178 g/mol. The largest absolute Gasteiger partial charge is 0.412 e. The van der Waals surface area contributed by atoms with Gasteiger partial charge in [0.1, 0.15) is 0 Å². The zero-order valence-corrected chi connectivity index (χ0v) is 10.2. The van der Waals surface area contributed by atoms with E-state index in [0.29, 0.717) is 0 Å². The van der Waals surface area contributed by atoms with Crippen LogP contribution >= 0.6 is 0 Å². The standard InChI is InChI=1S/C10H23NOSi/c1-10(2)6-4-8-13(3,12-10)9-5-7-11/h4-9,11H2,1-3H3. The summed E-state index contributed by atoms with van der Waals surface area (Å²) in [6.07, 6.45) is 3.71. The highest BCUT2D eigenvalue weighted by Crippen LogP contribution is 2.35. The first-order valence-electron chi connectivity index (χ1n) is 5.38. The van der Waals surface area contributed by atoms with Crippen LogP contribution in [0.5, 0.6) is 0 Å². The Hall–Kier alpha value is 0.137. The molecule has 1 fully saturated rings. The Bertz CT molecular complexity index is 172. The molecule has 1 saturated heterocycles. The quantitative estimate of drug-likeness (QED) is 0.712. The average Bonchev–Trinajstić information content (AvgIpc) is 1.98. The minimum atomic E-state index is -1.37. The molecule has 0 saturated carbocycles. The van der Waals surface area contributed by atoms with E-state index in [1.807, 2.05) is 0 Å². The molecule has 0 aromatic rings. The molecule has 3 heteroatoms. The molecule has 78 valence electrons. The van der Waals surface area contributed by atoms with Crippen molar-refractivity contribution in [1.29, 1.82) is 0 Å². The molecular formula is C10H23NOSi. The summed E-state index contributed by atoms with van der Waals surface area (Å²) in [7, 11) is -1.37. The van der Waals surface area contributed by atoms with Gasteiger partial charge in [-0.25, -0.2) is 0 Å². The van der Waals surface area contributed by atoms with Crippen LogP contribution in [0.15, 0.2) is 0 Å². The Morgan fingerprint density at radius 1 is 1.46 bits per heavy atom. The van der Waals surface area contributed by atoms with Crippen molar-refractivity contribution in [2.45, 2.75) is 57.3 Å². The molecule has 1 heterocycles. The van der Waals surface area contributed by atoms with E-state index >= 15 is 0 Å². The maximum atomic E-state index is 6.25. The lowest BCUT2D eigenvalue weighted by Crippen LogP contribution is -2.47. The monoisotopic (exact) mass is 201 g/mol. The number of rotatable bonds is 3. The third kappa shape index (κ3) is 3.41. The second-order valence-corrected chi connectivity index (χ2v) is 9.16. The molecule has 13 heavy (non-hydrogen) atoms. The Labute approximate surface area is 83.0 Å². The molecule has 0 aliphatic carbocycles. The van der Waals surface area contributed by atoms with Gasteiger partial charge in [0.15, 0.2) is 8.32 Å². The summed E-state index contributed by atoms with van der Waals surface area (Å²) in [5, 5.41) is 0. The van der Waals surface area contributed by atoms with Gasteiger partial charge in [-0.2, -0.15) is 0 Å². The Morgan fingerprint density at radius 3 is 2.69 bits per heavy atom. The lowest BCUT2D eigenvalue weighted by atomic mass is 10.0. The van der Waals surface area contributed by atoms with Crippen molar-refractivity contribution in [3.63, 3.8) is 0 Å². The summed E-state index contributed by atoms with van der Waals surface area (Å²) in [5.41, 5.74) is 5.67. The van der Waals surface area contributed by atoms with Gasteiger partial charge in [-0.3, -0.25) is 0 Å². The van der Waals surface area contributed by atoms with Gasteiger partial charge in [-0.15, -0.1) is 0 Å². The third-order valence-corrected chi connectivity index (χ3v) is 6.78. The van der Waals surface area contributed by atoms with Gasteiger partial charge < -0.3 is 10.2 Å². The Balaban J connectivity index is 2.47. The van der Waals surface area contributed by atoms with Crippen LogP contribution < -0.4 is 5.73 Å². The van der Waals surface area contributed by atoms with E-state index in [2.05, 4.69) is 20.4 Å². The van der Waals surface area contributed by atoms with Crippen LogP contribution in [-0.4, -0.2) is 20.5 Å². The van der Waals surface area contributed by atoms with Crippen molar-refractivity contribution in [2.75, 3.05) is 6.54 Å². The lowest BCUT2D eigenvalue weighted by molar-refractivity contribution is 0.0698. The first kappa shape index (κ1) is 11.2. The molecule has 0 bridgehead atoms. The van der Waals surface area contributed by atoms with E-state index in [9.17, 15) is 0 Å². The van der Waals surface area contributed by atoms with Gasteiger partial charge in [-0.1, -0.05) is 6.42 Å². The first-order valence-corrected chi connectivity index (χ1v) is 8.20. The fraction of sp³-hybridized carbons (Fsp3) is 1.00. The van der Waals surface area contributed by atoms with E-state index in [4.69, 9.17) is 10.2 Å². The minimum Gasteiger partial charge on any atom is -0.412 e. The van der Waals surface area contributed by atoms with E-state index in [-0.39, 0.29) is 5.60 Å². The zero-order chi connectivity index (χ0) is 9.95. The van der Waals surface area contributed by atoms with Crippen LogP contribution in [-0.2, 0) is 4.43 Å². The van der Waals surface area contributed by atoms with Gasteiger partial charge in [-0.05, 0) is 51.9 Å². The molecule has 1 aliphatic rings. The molecule has 0 radical (unpaired) electrons. The maximum Gasteiger partial charge on any atom is 0.190 e. The van der Waals surface area contributed by atoms with Crippen molar-refractivity contribution in [1.82, 2.24) is 0 Å². The van der Waals surface area contributed by atoms with Crippen molar-refractivity contribution in [3.8, 4) is 0 Å². The van der Waals surface area contributed by atoms with E-state index in [1.165, 1.54) is 24.9 Å². The molecule has 1 atom stereocenters. The summed E-state index contributed by atoms with van der Waals surface area (Å²) in [6, 6.07) is 2.57. The Kier molecular flexibility index (Phi) is 3.55. The van der Waals surface area contributed by atoms with Crippen LogP contribution in [0.2, 0.25) is 18.6 Å². The van der Waals surface area contributed by atoms with Crippen molar-refractivity contribution >= 4 is 8.32 Å². The third-order valence-electron chi connectivity index (χ3n) is 2.92. The van der Waals surface area contributed by atoms with Crippen LogP contribution in [0.1, 0.15) is 33.1 Å². The molecule has 2 nitrogen and oxygen atoms in total. The molecule has 0 aromatic carbocycles. The van der Waals surface area contributed by atoms with Crippen LogP contribution in [0.3, 0.4) is 0 Å². The molecule has 0 aromatic heterocycles. The predicted molar refractivity (Wildman–Crippen MR) is 59.3 cm³/mol. The smallest absolute Gasteiger partial charge is 0.190 e. The highest BCUT2D eigenvalue weighted by atomic mass is 28.4. The second kappa shape index (κ2) is 4.11. The summed E-state index contributed by atoms with van der Waals surface area (Å²) < 4.78 is 6.25. The van der Waals surface area contributed by atoms with Gasteiger partial charge in [0.05, 0.1) is 5.60 Å². The summed E-state index contributed by atoms with van der Waals surface area (Å²) in [5.74, 6) is 0. The average molecular weight is 201 g/mol. The van der Waals surface area contributed by atoms with Crippen LogP contribution in [0.4, 0.5) is 0 Å². The SMILES string of the molecule is CC1(C)CCC[Si](C)(CCCN)O1. The molecule has 1 aliphatic heterocycles. The highest BCUT2D eigenvalue weighted by Gasteiger charge is 2.38. The highest BCUT2D eigenvalue weighted by molar-refractivity contribution is 6.72. The topological polar surface area (TPSA) is 35.2 Å². The minimum absolute atomic E-state index is 0.133. The summed E-state index contributed by atoms with van der Waals surface area (Å²) in [6.45, 7) is 7.62. The zero-order valence-electron chi connectivity index (χ0n) is 9.23. The molecule has 0 amide bonds. The summed E-state index contributed by atoms with van der Waals surface area (Å²) >= 11 is 0. The number of nitrogens with two attached hydrogens (primary N) is 1. The predicted octanol–water partition coefficient (Wildman–Crippen LogP) is 2.50. The second-order valence-electron chi connectivity index (χ2n) is 5.06. The first-order chi connectivity index (χ1) is 5.97. The van der Waals surface area contributed by atoms with Gasteiger partial charge >= 0.3 is 0 Å². The number of hydrogen-bond donors (Lipinski definition) is 1. The van der Waals surface area contributed by atoms with E-state index in [1.54, 1.807) is 0 Å². The van der Waals surface area contributed by atoms with Crippen LogP contribution in [0, 0.1) is 0 Å². The van der Waals surface area contributed by atoms with E-state index in [0.717, 1.165) is 13.0 Å². The molecule has 2 N–H and O–H groups in total. The van der Waals surface area contributed by atoms with Crippen molar-refractivity contribution < 1.29 is 4.43 Å². The molecule has 1 rings (SSSR count). The number of hydrogen-bond acceptors (Lipinski definition) is 2.